The maximum Gasteiger partial charge on any atom is 0.227 e. The molecule has 1 unspecified atom stereocenters. The van der Waals surface area contributed by atoms with Crippen LogP contribution in [0.4, 0.5) is 0 Å². The summed E-state index contributed by atoms with van der Waals surface area (Å²) < 4.78 is 5.61. The molecule has 0 radical (unpaired) electrons. The molecule has 0 aliphatic rings. The Morgan fingerprint density at radius 2 is 2.27 bits per heavy atom. The first-order valence-electron chi connectivity index (χ1n) is 4.84. The molecule has 2 aromatic heterocycles. The van der Waals surface area contributed by atoms with Gasteiger partial charge >= 0.3 is 0 Å². The minimum absolute atomic E-state index is 0.169. The molecule has 0 fully saturated rings. The lowest BCUT2D eigenvalue weighted by atomic mass is 10.3. The van der Waals surface area contributed by atoms with E-state index in [9.17, 15) is 0 Å². The Bertz CT molecular complexity index is 424. The Balaban J connectivity index is 2.28. The van der Waals surface area contributed by atoms with Crippen LogP contribution in [0.2, 0.25) is 0 Å². The molecule has 0 amide bonds. The van der Waals surface area contributed by atoms with E-state index < -0.39 is 0 Å². The summed E-state index contributed by atoms with van der Waals surface area (Å²) in [7, 11) is 1.89. The molecular weight excluding hydrogens is 190 g/mol. The van der Waals surface area contributed by atoms with Gasteiger partial charge in [0.05, 0.1) is 17.8 Å². The molecule has 0 aliphatic heterocycles. The van der Waals surface area contributed by atoms with Gasteiger partial charge < -0.3 is 9.73 Å². The Hall–Kier alpha value is -1.68. The molecule has 0 aliphatic carbocycles. The molecule has 2 heterocycles. The summed E-state index contributed by atoms with van der Waals surface area (Å²) >= 11 is 0. The Labute approximate surface area is 88.4 Å². The summed E-state index contributed by atoms with van der Waals surface area (Å²) in [6.07, 6.45) is 5.20. The normalized spacial score (nSPS) is 12.7. The van der Waals surface area contributed by atoms with Crippen LogP contribution < -0.4 is 5.32 Å². The van der Waals surface area contributed by atoms with Crippen LogP contribution in [0, 0.1) is 0 Å². The second-order valence-electron chi connectivity index (χ2n) is 3.32. The van der Waals surface area contributed by atoms with E-state index in [1.54, 1.807) is 18.6 Å². The maximum absolute atomic E-state index is 5.61. The van der Waals surface area contributed by atoms with E-state index in [-0.39, 0.29) is 6.04 Å². The molecule has 15 heavy (non-hydrogen) atoms. The summed E-state index contributed by atoms with van der Waals surface area (Å²) in [6.45, 7) is 2.02. The number of aromatic nitrogens is 2. The highest BCUT2D eigenvalue weighted by atomic mass is 16.4. The second kappa shape index (κ2) is 4.23. The minimum Gasteiger partial charge on any atom is -0.439 e. The van der Waals surface area contributed by atoms with Gasteiger partial charge in [-0.25, -0.2) is 4.98 Å². The van der Waals surface area contributed by atoms with Crippen LogP contribution >= 0.6 is 0 Å². The molecule has 0 saturated carbocycles. The maximum atomic E-state index is 5.61. The fraction of sp³-hybridized carbons (Fsp3) is 0.273. The van der Waals surface area contributed by atoms with Crippen molar-refractivity contribution in [3.8, 4) is 11.5 Å². The Kier molecular flexibility index (Phi) is 2.78. The van der Waals surface area contributed by atoms with Gasteiger partial charge in [0.2, 0.25) is 5.89 Å². The van der Waals surface area contributed by atoms with Crippen LogP contribution in [-0.2, 0) is 0 Å². The highest BCUT2D eigenvalue weighted by Crippen LogP contribution is 2.21. The van der Waals surface area contributed by atoms with E-state index in [0.29, 0.717) is 5.89 Å². The summed E-state index contributed by atoms with van der Waals surface area (Å²) in [6, 6.07) is 3.95. The van der Waals surface area contributed by atoms with E-state index >= 15 is 0 Å². The number of hydrogen-bond donors (Lipinski definition) is 1. The van der Waals surface area contributed by atoms with E-state index in [1.165, 1.54) is 0 Å². The zero-order valence-electron chi connectivity index (χ0n) is 8.77. The Morgan fingerprint density at radius 3 is 2.93 bits per heavy atom. The molecule has 1 atom stereocenters. The zero-order chi connectivity index (χ0) is 10.7. The average Bonchev–Trinajstić information content (AvgIpc) is 2.78. The van der Waals surface area contributed by atoms with Gasteiger partial charge in [-0.15, -0.1) is 0 Å². The molecule has 4 heteroatoms. The van der Waals surface area contributed by atoms with Gasteiger partial charge in [0, 0.05) is 12.4 Å². The van der Waals surface area contributed by atoms with Crippen LogP contribution in [0.5, 0.6) is 0 Å². The lowest BCUT2D eigenvalue weighted by Crippen LogP contribution is -2.11. The first kappa shape index (κ1) is 9.86. The SMILES string of the molecule is CNC(C)c1cnc(-c2cccnc2)o1. The molecular formula is C11H13N3O. The predicted octanol–water partition coefficient (Wildman–Crippen LogP) is 2.02. The van der Waals surface area contributed by atoms with Crippen molar-refractivity contribution in [3.05, 3.63) is 36.5 Å². The summed E-state index contributed by atoms with van der Waals surface area (Å²) in [5.41, 5.74) is 0.895. The molecule has 0 saturated heterocycles. The fourth-order valence-electron chi connectivity index (χ4n) is 1.25. The predicted molar refractivity (Wildman–Crippen MR) is 57.2 cm³/mol. The van der Waals surface area contributed by atoms with Crippen LogP contribution in [-0.4, -0.2) is 17.0 Å². The molecule has 0 aromatic carbocycles. The summed E-state index contributed by atoms with van der Waals surface area (Å²) in [5, 5.41) is 3.10. The van der Waals surface area contributed by atoms with Crippen molar-refractivity contribution in [1.29, 1.82) is 0 Å². The molecule has 2 aromatic rings. The van der Waals surface area contributed by atoms with Crippen LogP contribution in [0.15, 0.2) is 35.1 Å². The first-order chi connectivity index (χ1) is 7.31. The fourth-order valence-corrected chi connectivity index (χ4v) is 1.25. The van der Waals surface area contributed by atoms with Crippen LogP contribution in [0.25, 0.3) is 11.5 Å². The second-order valence-corrected chi connectivity index (χ2v) is 3.32. The van der Waals surface area contributed by atoms with Crippen molar-refractivity contribution < 1.29 is 4.42 Å². The highest BCUT2D eigenvalue weighted by molar-refractivity contribution is 5.50. The largest absolute Gasteiger partial charge is 0.439 e. The summed E-state index contributed by atoms with van der Waals surface area (Å²) in [4.78, 5) is 8.23. The third-order valence-electron chi connectivity index (χ3n) is 2.29. The molecule has 1 N–H and O–H groups in total. The number of pyridine rings is 1. The average molecular weight is 203 g/mol. The number of oxazole rings is 1. The van der Waals surface area contributed by atoms with Crippen molar-refractivity contribution >= 4 is 0 Å². The van der Waals surface area contributed by atoms with Crippen molar-refractivity contribution in [2.75, 3.05) is 7.05 Å². The number of hydrogen-bond acceptors (Lipinski definition) is 4. The van der Waals surface area contributed by atoms with Gasteiger partial charge in [-0.1, -0.05) is 0 Å². The van der Waals surface area contributed by atoms with Gasteiger partial charge in [0.1, 0.15) is 5.76 Å². The summed E-state index contributed by atoms with van der Waals surface area (Å²) in [5.74, 6) is 1.44. The number of nitrogens with zero attached hydrogens (tertiary/aromatic N) is 2. The Morgan fingerprint density at radius 1 is 1.40 bits per heavy atom. The highest BCUT2D eigenvalue weighted by Gasteiger charge is 2.10. The minimum atomic E-state index is 0.169. The molecule has 78 valence electrons. The van der Waals surface area contributed by atoms with Crippen molar-refractivity contribution in [3.63, 3.8) is 0 Å². The van der Waals surface area contributed by atoms with Crippen LogP contribution in [0.1, 0.15) is 18.7 Å². The molecule has 2 rings (SSSR count). The quantitative estimate of drug-likeness (QED) is 0.829. The van der Waals surface area contributed by atoms with E-state index in [2.05, 4.69) is 15.3 Å². The van der Waals surface area contributed by atoms with E-state index in [4.69, 9.17) is 4.42 Å². The van der Waals surface area contributed by atoms with Crippen molar-refractivity contribution in [1.82, 2.24) is 15.3 Å². The first-order valence-corrected chi connectivity index (χ1v) is 4.84. The van der Waals surface area contributed by atoms with Gasteiger partial charge in [-0.2, -0.15) is 0 Å². The molecule has 0 bridgehead atoms. The van der Waals surface area contributed by atoms with E-state index in [0.717, 1.165) is 11.3 Å². The van der Waals surface area contributed by atoms with Gasteiger partial charge in [-0.3, -0.25) is 4.98 Å². The monoisotopic (exact) mass is 203 g/mol. The standard InChI is InChI=1S/C11H13N3O/c1-8(12-2)10-7-14-11(15-10)9-4-3-5-13-6-9/h3-8,12H,1-2H3. The third kappa shape index (κ3) is 2.05. The lowest BCUT2D eigenvalue weighted by molar-refractivity contribution is 0.456. The third-order valence-corrected chi connectivity index (χ3v) is 2.29. The topological polar surface area (TPSA) is 51.0 Å². The number of nitrogens with one attached hydrogen (secondary N) is 1. The number of rotatable bonds is 3. The van der Waals surface area contributed by atoms with E-state index in [1.807, 2.05) is 26.1 Å². The smallest absolute Gasteiger partial charge is 0.227 e. The van der Waals surface area contributed by atoms with Gasteiger partial charge in [-0.05, 0) is 26.1 Å². The molecule has 4 nitrogen and oxygen atoms in total. The van der Waals surface area contributed by atoms with Crippen LogP contribution in [0.3, 0.4) is 0 Å². The lowest BCUT2D eigenvalue weighted by Gasteiger charge is -2.04. The van der Waals surface area contributed by atoms with Gasteiger partial charge in [0.25, 0.3) is 0 Å². The van der Waals surface area contributed by atoms with Gasteiger partial charge in [0.15, 0.2) is 0 Å². The van der Waals surface area contributed by atoms with Crippen molar-refractivity contribution in [2.24, 2.45) is 0 Å². The zero-order valence-corrected chi connectivity index (χ0v) is 8.77. The van der Waals surface area contributed by atoms with Crippen molar-refractivity contribution in [2.45, 2.75) is 13.0 Å². The molecule has 0 spiro atoms.